The normalized spacial score (nSPS) is 10.4. The van der Waals surface area contributed by atoms with E-state index in [1.807, 2.05) is 6.07 Å². The molecule has 0 aliphatic carbocycles. The number of aromatic nitrogens is 2. The highest BCUT2D eigenvalue weighted by atomic mass is 16.5. The number of hydrogen-bond acceptors (Lipinski definition) is 5. The van der Waals surface area contributed by atoms with E-state index < -0.39 is 5.97 Å². The molecule has 1 aromatic carbocycles. The molecule has 0 spiro atoms. The maximum atomic E-state index is 12.6. The van der Waals surface area contributed by atoms with E-state index in [-0.39, 0.29) is 25.4 Å². The summed E-state index contributed by atoms with van der Waals surface area (Å²) in [5.74, 6) is -0.141. The van der Waals surface area contributed by atoms with Gasteiger partial charge in [0.2, 0.25) is 5.91 Å². The summed E-state index contributed by atoms with van der Waals surface area (Å²) in [5.41, 5.74) is 1.65. The molecular weight excluding hydrogens is 338 g/mol. The summed E-state index contributed by atoms with van der Waals surface area (Å²) in [4.78, 5) is 25.1. The summed E-state index contributed by atoms with van der Waals surface area (Å²) in [7, 11) is 4.87. The lowest BCUT2D eigenvalue weighted by Crippen LogP contribution is -2.35. The van der Waals surface area contributed by atoms with Gasteiger partial charge >= 0.3 is 5.97 Å². The van der Waals surface area contributed by atoms with E-state index in [0.29, 0.717) is 17.9 Å². The number of carboxylic acids is 1. The summed E-state index contributed by atoms with van der Waals surface area (Å²) in [6, 6.07) is 7.06. The quantitative estimate of drug-likeness (QED) is 0.727. The molecular formula is C18H23N3O5. The van der Waals surface area contributed by atoms with Crippen LogP contribution >= 0.6 is 0 Å². The molecule has 2 aromatic rings. The van der Waals surface area contributed by atoms with Crippen molar-refractivity contribution in [1.29, 1.82) is 0 Å². The first-order chi connectivity index (χ1) is 12.4. The number of hydrogen-bond donors (Lipinski definition) is 1. The Morgan fingerprint density at radius 1 is 1.19 bits per heavy atom. The number of rotatable bonds is 9. The standard InChI is InChI=1S/C18H23N3O5/c1-20-14(6-7-19-20)4-5-17(22)21(12-18(23)24)11-13-8-15(25-2)10-16(9-13)26-3/h6-10H,4-5,11-12H2,1-3H3,(H,23,24). The van der Waals surface area contributed by atoms with E-state index in [1.165, 1.54) is 19.1 Å². The fourth-order valence-electron chi connectivity index (χ4n) is 2.61. The second-order valence-electron chi connectivity index (χ2n) is 5.81. The molecule has 1 heterocycles. The molecule has 0 fully saturated rings. The molecule has 1 amide bonds. The Morgan fingerprint density at radius 2 is 1.85 bits per heavy atom. The van der Waals surface area contributed by atoms with Crippen molar-refractivity contribution in [3.05, 3.63) is 41.7 Å². The first-order valence-electron chi connectivity index (χ1n) is 8.11. The third kappa shape index (κ3) is 5.23. The number of aliphatic carboxylic acids is 1. The zero-order valence-electron chi connectivity index (χ0n) is 15.1. The van der Waals surface area contributed by atoms with Gasteiger partial charge in [0.15, 0.2) is 0 Å². The van der Waals surface area contributed by atoms with E-state index in [1.54, 1.807) is 36.1 Å². The topological polar surface area (TPSA) is 93.9 Å². The summed E-state index contributed by atoms with van der Waals surface area (Å²) < 4.78 is 12.1. The van der Waals surface area contributed by atoms with Crippen LogP contribution in [0.4, 0.5) is 0 Å². The van der Waals surface area contributed by atoms with Crippen LogP contribution in [0.25, 0.3) is 0 Å². The fraction of sp³-hybridized carbons (Fsp3) is 0.389. The molecule has 0 aliphatic rings. The van der Waals surface area contributed by atoms with E-state index in [0.717, 1.165) is 11.3 Å². The molecule has 1 N–H and O–H groups in total. The SMILES string of the molecule is COc1cc(CN(CC(=O)O)C(=O)CCc2ccnn2C)cc(OC)c1. The minimum Gasteiger partial charge on any atom is -0.497 e. The van der Waals surface area contributed by atoms with Crippen LogP contribution in [0.5, 0.6) is 11.5 Å². The zero-order valence-corrected chi connectivity index (χ0v) is 15.1. The highest BCUT2D eigenvalue weighted by Crippen LogP contribution is 2.23. The zero-order chi connectivity index (χ0) is 19.1. The summed E-state index contributed by atoms with van der Waals surface area (Å²) in [6.45, 7) is -0.214. The van der Waals surface area contributed by atoms with Crippen molar-refractivity contribution >= 4 is 11.9 Å². The van der Waals surface area contributed by atoms with E-state index >= 15 is 0 Å². The molecule has 8 nitrogen and oxygen atoms in total. The van der Waals surface area contributed by atoms with Gasteiger partial charge in [0, 0.05) is 38.0 Å². The van der Waals surface area contributed by atoms with Gasteiger partial charge in [-0.2, -0.15) is 5.10 Å². The Balaban J connectivity index is 2.12. The lowest BCUT2D eigenvalue weighted by molar-refractivity contribution is -0.144. The Labute approximate surface area is 151 Å². The monoisotopic (exact) mass is 361 g/mol. The van der Waals surface area contributed by atoms with Gasteiger partial charge in [-0.3, -0.25) is 14.3 Å². The molecule has 0 saturated heterocycles. The smallest absolute Gasteiger partial charge is 0.323 e. The molecule has 8 heteroatoms. The molecule has 0 bridgehead atoms. The highest BCUT2D eigenvalue weighted by Gasteiger charge is 2.18. The van der Waals surface area contributed by atoms with Gasteiger partial charge in [-0.25, -0.2) is 0 Å². The molecule has 0 unspecified atom stereocenters. The van der Waals surface area contributed by atoms with Crippen LogP contribution in [-0.2, 0) is 29.6 Å². The number of carboxylic acid groups (broad SMARTS) is 1. The lowest BCUT2D eigenvalue weighted by Gasteiger charge is -2.21. The van der Waals surface area contributed by atoms with E-state index in [4.69, 9.17) is 14.6 Å². The van der Waals surface area contributed by atoms with Crippen LogP contribution < -0.4 is 9.47 Å². The minimum atomic E-state index is -1.06. The van der Waals surface area contributed by atoms with Crippen molar-refractivity contribution in [3.8, 4) is 11.5 Å². The molecule has 1 aromatic heterocycles. The minimum absolute atomic E-state index is 0.157. The average molecular weight is 361 g/mol. The van der Waals surface area contributed by atoms with Gasteiger partial charge in [-0.15, -0.1) is 0 Å². The number of benzene rings is 1. The van der Waals surface area contributed by atoms with Crippen molar-refractivity contribution in [2.75, 3.05) is 20.8 Å². The number of carbonyl (C=O) groups is 2. The Hall–Kier alpha value is -3.03. The van der Waals surface area contributed by atoms with Crippen molar-refractivity contribution in [2.45, 2.75) is 19.4 Å². The summed E-state index contributed by atoms with van der Waals surface area (Å²) in [5, 5.41) is 13.2. The fourth-order valence-corrected chi connectivity index (χ4v) is 2.61. The second kappa shape index (κ2) is 8.89. The first-order valence-corrected chi connectivity index (χ1v) is 8.11. The molecule has 140 valence electrons. The number of methoxy groups -OCH3 is 2. The van der Waals surface area contributed by atoms with Gasteiger partial charge in [0.1, 0.15) is 18.0 Å². The van der Waals surface area contributed by atoms with Crippen molar-refractivity contribution in [2.24, 2.45) is 7.05 Å². The van der Waals surface area contributed by atoms with Crippen molar-refractivity contribution in [3.63, 3.8) is 0 Å². The van der Waals surface area contributed by atoms with Gasteiger partial charge in [-0.05, 0) is 30.2 Å². The molecule has 26 heavy (non-hydrogen) atoms. The van der Waals surface area contributed by atoms with Gasteiger partial charge < -0.3 is 19.5 Å². The highest BCUT2D eigenvalue weighted by molar-refractivity contribution is 5.81. The molecule has 2 rings (SSSR count). The summed E-state index contributed by atoms with van der Waals surface area (Å²) in [6.07, 6.45) is 2.36. The van der Waals surface area contributed by atoms with Crippen LogP contribution in [0.3, 0.4) is 0 Å². The molecule has 0 atom stereocenters. The first kappa shape index (κ1) is 19.3. The van der Waals surface area contributed by atoms with Crippen LogP contribution in [-0.4, -0.2) is 52.4 Å². The van der Waals surface area contributed by atoms with Crippen LogP contribution in [0.2, 0.25) is 0 Å². The maximum Gasteiger partial charge on any atom is 0.323 e. The number of aryl methyl sites for hydroxylation is 2. The molecule has 0 radical (unpaired) electrons. The average Bonchev–Trinajstić information content (AvgIpc) is 3.03. The largest absolute Gasteiger partial charge is 0.497 e. The van der Waals surface area contributed by atoms with Gasteiger partial charge in [0.05, 0.1) is 14.2 Å². The Morgan fingerprint density at radius 3 is 2.35 bits per heavy atom. The molecule has 0 saturated carbocycles. The van der Waals surface area contributed by atoms with Crippen LogP contribution in [0.15, 0.2) is 30.5 Å². The van der Waals surface area contributed by atoms with Crippen LogP contribution in [0, 0.1) is 0 Å². The number of carbonyl (C=O) groups excluding carboxylic acids is 1. The summed E-state index contributed by atoms with van der Waals surface area (Å²) >= 11 is 0. The number of nitrogens with zero attached hydrogens (tertiary/aromatic N) is 3. The van der Waals surface area contributed by atoms with Gasteiger partial charge in [0.25, 0.3) is 0 Å². The van der Waals surface area contributed by atoms with Gasteiger partial charge in [-0.1, -0.05) is 0 Å². The number of ether oxygens (including phenoxy) is 2. The second-order valence-corrected chi connectivity index (χ2v) is 5.81. The van der Waals surface area contributed by atoms with E-state index in [2.05, 4.69) is 5.10 Å². The predicted molar refractivity (Wildman–Crippen MR) is 94.1 cm³/mol. The van der Waals surface area contributed by atoms with Crippen molar-refractivity contribution < 1.29 is 24.2 Å². The Bertz CT molecular complexity index is 750. The van der Waals surface area contributed by atoms with Crippen molar-refractivity contribution in [1.82, 2.24) is 14.7 Å². The molecule has 0 aliphatic heterocycles. The third-order valence-electron chi connectivity index (χ3n) is 3.98. The van der Waals surface area contributed by atoms with Crippen LogP contribution in [0.1, 0.15) is 17.7 Å². The maximum absolute atomic E-state index is 12.6. The lowest BCUT2D eigenvalue weighted by atomic mass is 10.1. The predicted octanol–water partition coefficient (Wildman–Crippen LogP) is 1.48. The third-order valence-corrected chi connectivity index (χ3v) is 3.98. The Kier molecular flexibility index (Phi) is 6.60. The van der Waals surface area contributed by atoms with E-state index in [9.17, 15) is 9.59 Å². The number of amides is 1.